The molecule has 1 heterocycles. The Balaban J connectivity index is 1.67. The highest BCUT2D eigenvalue weighted by atomic mass is 19.1. The van der Waals surface area contributed by atoms with E-state index in [2.05, 4.69) is 10.4 Å². The SMILES string of the molecule is COc1ccc(CNC(=O)Cn2nc(-c3ccc(F)cc3)ccc2=O)cc1. The van der Waals surface area contributed by atoms with Crippen molar-refractivity contribution in [1.29, 1.82) is 0 Å². The molecule has 2 aromatic carbocycles. The fourth-order valence-corrected chi connectivity index (χ4v) is 2.47. The molecule has 0 aliphatic heterocycles. The summed E-state index contributed by atoms with van der Waals surface area (Å²) >= 11 is 0. The van der Waals surface area contributed by atoms with E-state index in [1.165, 1.54) is 18.2 Å². The highest BCUT2D eigenvalue weighted by Gasteiger charge is 2.08. The first kappa shape index (κ1) is 18.3. The summed E-state index contributed by atoms with van der Waals surface area (Å²) in [5.41, 5.74) is 1.66. The molecule has 0 aliphatic rings. The van der Waals surface area contributed by atoms with E-state index < -0.39 is 0 Å². The number of aromatic nitrogens is 2. The van der Waals surface area contributed by atoms with Gasteiger partial charge in [-0.3, -0.25) is 9.59 Å². The number of carbonyl (C=O) groups is 1. The Morgan fingerprint density at radius 3 is 2.44 bits per heavy atom. The van der Waals surface area contributed by atoms with Crippen LogP contribution in [0, 0.1) is 5.82 Å². The summed E-state index contributed by atoms with van der Waals surface area (Å²) in [7, 11) is 1.58. The first-order valence-electron chi connectivity index (χ1n) is 8.29. The third kappa shape index (κ3) is 4.78. The van der Waals surface area contributed by atoms with E-state index in [-0.39, 0.29) is 23.8 Å². The predicted octanol–water partition coefficient (Wildman–Crippen LogP) is 2.37. The normalized spacial score (nSPS) is 10.4. The molecule has 1 amide bonds. The van der Waals surface area contributed by atoms with Crippen molar-refractivity contribution >= 4 is 5.91 Å². The number of methoxy groups -OCH3 is 1. The number of hydrogen-bond acceptors (Lipinski definition) is 4. The smallest absolute Gasteiger partial charge is 0.267 e. The van der Waals surface area contributed by atoms with E-state index in [0.29, 0.717) is 17.8 Å². The number of hydrogen-bond donors (Lipinski definition) is 1. The topological polar surface area (TPSA) is 73.2 Å². The van der Waals surface area contributed by atoms with Gasteiger partial charge in [0.15, 0.2) is 0 Å². The monoisotopic (exact) mass is 367 g/mol. The van der Waals surface area contributed by atoms with Crippen molar-refractivity contribution < 1.29 is 13.9 Å². The van der Waals surface area contributed by atoms with Crippen LogP contribution >= 0.6 is 0 Å². The zero-order chi connectivity index (χ0) is 19.2. The summed E-state index contributed by atoms with van der Waals surface area (Å²) in [6, 6.07) is 15.9. The average molecular weight is 367 g/mol. The van der Waals surface area contributed by atoms with Gasteiger partial charge in [-0.1, -0.05) is 12.1 Å². The van der Waals surface area contributed by atoms with E-state index in [1.54, 1.807) is 37.4 Å². The van der Waals surface area contributed by atoms with Crippen LogP contribution in [0.25, 0.3) is 11.3 Å². The van der Waals surface area contributed by atoms with E-state index >= 15 is 0 Å². The molecule has 0 bridgehead atoms. The van der Waals surface area contributed by atoms with Crippen molar-refractivity contribution in [1.82, 2.24) is 15.1 Å². The zero-order valence-corrected chi connectivity index (χ0v) is 14.7. The lowest BCUT2D eigenvalue weighted by Crippen LogP contribution is -2.33. The molecule has 0 aliphatic carbocycles. The molecular formula is C20H18FN3O3. The molecule has 138 valence electrons. The minimum atomic E-state index is -0.388. The molecule has 0 unspecified atom stereocenters. The van der Waals surface area contributed by atoms with Gasteiger partial charge in [0.25, 0.3) is 5.56 Å². The van der Waals surface area contributed by atoms with E-state index in [9.17, 15) is 14.0 Å². The van der Waals surface area contributed by atoms with Crippen molar-refractivity contribution in [3.8, 4) is 17.0 Å². The van der Waals surface area contributed by atoms with Gasteiger partial charge in [-0.15, -0.1) is 0 Å². The van der Waals surface area contributed by atoms with Gasteiger partial charge in [0, 0.05) is 18.2 Å². The van der Waals surface area contributed by atoms with Gasteiger partial charge >= 0.3 is 0 Å². The van der Waals surface area contributed by atoms with E-state index in [1.807, 2.05) is 12.1 Å². The predicted molar refractivity (Wildman–Crippen MR) is 98.7 cm³/mol. The first-order valence-corrected chi connectivity index (χ1v) is 8.29. The maximum absolute atomic E-state index is 13.0. The molecule has 27 heavy (non-hydrogen) atoms. The molecule has 3 aromatic rings. The molecule has 0 fully saturated rings. The van der Waals surface area contributed by atoms with Gasteiger partial charge in [0.2, 0.25) is 5.91 Å². The Morgan fingerprint density at radius 1 is 1.07 bits per heavy atom. The third-order valence-corrected chi connectivity index (χ3v) is 3.95. The van der Waals surface area contributed by atoms with Crippen LogP contribution in [-0.2, 0) is 17.9 Å². The van der Waals surface area contributed by atoms with Crippen LogP contribution in [0.4, 0.5) is 4.39 Å². The quantitative estimate of drug-likeness (QED) is 0.726. The minimum Gasteiger partial charge on any atom is -0.497 e. The zero-order valence-electron chi connectivity index (χ0n) is 14.7. The van der Waals surface area contributed by atoms with Gasteiger partial charge < -0.3 is 10.1 Å². The number of ether oxygens (including phenoxy) is 1. The fourth-order valence-electron chi connectivity index (χ4n) is 2.47. The number of benzene rings is 2. The second-order valence-corrected chi connectivity index (χ2v) is 5.85. The molecule has 1 aromatic heterocycles. The van der Waals surface area contributed by atoms with Crippen LogP contribution < -0.4 is 15.6 Å². The fraction of sp³-hybridized carbons (Fsp3) is 0.150. The van der Waals surface area contributed by atoms with Gasteiger partial charge in [-0.2, -0.15) is 5.10 Å². The van der Waals surface area contributed by atoms with Gasteiger partial charge in [-0.05, 0) is 48.0 Å². The number of carbonyl (C=O) groups excluding carboxylic acids is 1. The van der Waals surface area contributed by atoms with Crippen molar-refractivity contribution in [2.75, 3.05) is 7.11 Å². The number of rotatable bonds is 6. The standard InChI is InChI=1S/C20H18FN3O3/c1-27-17-8-2-14(3-9-17)12-22-19(25)13-24-20(26)11-10-18(23-24)15-4-6-16(21)7-5-15/h2-11H,12-13H2,1H3,(H,22,25). The maximum Gasteiger partial charge on any atom is 0.267 e. The molecule has 0 atom stereocenters. The molecule has 6 nitrogen and oxygen atoms in total. The van der Waals surface area contributed by atoms with Crippen LogP contribution in [-0.4, -0.2) is 22.8 Å². The molecule has 3 rings (SSSR count). The van der Waals surface area contributed by atoms with Crippen LogP contribution in [0.5, 0.6) is 5.75 Å². The lowest BCUT2D eigenvalue weighted by atomic mass is 10.1. The van der Waals surface area contributed by atoms with Crippen LogP contribution in [0.3, 0.4) is 0 Å². The van der Waals surface area contributed by atoms with Crippen LogP contribution in [0.2, 0.25) is 0 Å². The van der Waals surface area contributed by atoms with Gasteiger partial charge in [-0.25, -0.2) is 9.07 Å². The van der Waals surface area contributed by atoms with Crippen LogP contribution in [0.15, 0.2) is 65.5 Å². The van der Waals surface area contributed by atoms with E-state index in [0.717, 1.165) is 16.0 Å². The van der Waals surface area contributed by atoms with Crippen molar-refractivity contribution in [3.05, 3.63) is 82.4 Å². The third-order valence-electron chi connectivity index (χ3n) is 3.95. The highest BCUT2D eigenvalue weighted by Crippen LogP contribution is 2.15. The number of amides is 1. The summed E-state index contributed by atoms with van der Waals surface area (Å²) in [5.74, 6) is 0.0418. The Morgan fingerprint density at radius 2 is 1.78 bits per heavy atom. The summed E-state index contributed by atoms with van der Waals surface area (Å²) in [5, 5.41) is 6.94. The number of nitrogens with one attached hydrogen (secondary N) is 1. The summed E-state index contributed by atoms with van der Waals surface area (Å²) in [4.78, 5) is 24.2. The molecule has 0 radical (unpaired) electrons. The van der Waals surface area contributed by atoms with Crippen molar-refractivity contribution in [3.63, 3.8) is 0 Å². The largest absolute Gasteiger partial charge is 0.497 e. The van der Waals surface area contributed by atoms with Crippen molar-refractivity contribution in [2.45, 2.75) is 13.1 Å². The van der Waals surface area contributed by atoms with Crippen LogP contribution in [0.1, 0.15) is 5.56 Å². The molecule has 1 N–H and O–H groups in total. The molecule has 0 saturated carbocycles. The molecule has 7 heteroatoms. The van der Waals surface area contributed by atoms with Crippen molar-refractivity contribution in [2.24, 2.45) is 0 Å². The Kier molecular flexibility index (Phi) is 5.61. The maximum atomic E-state index is 13.0. The van der Waals surface area contributed by atoms with Gasteiger partial charge in [0.05, 0.1) is 12.8 Å². The molecule has 0 saturated heterocycles. The summed E-state index contributed by atoms with van der Waals surface area (Å²) < 4.78 is 19.2. The van der Waals surface area contributed by atoms with Gasteiger partial charge in [0.1, 0.15) is 18.1 Å². The highest BCUT2D eigenvalue weighted by molar-refractivity contribution is 5.75. The Labute approximate surface area is 155 Å². The first-order chi connectivity index (χ1) is 13.0. The second kappa shape index (κ2) is 8.27. The lowest BCUT2D eigenvalue weighted by molar-refractivity contribution is -0.122. The molecule has 0 spiro atoms. The Bertz CT molecular complexity index is 983. The Hall–Kier alpha value is -3.48. The average Bonchev–Trinajstić information content (AvgIpc) is 2.69. The van der Waals surface area contributed by atoms with E-state index in [4.69, 9.17) is 4.74 Å². The lowest BCUT2D eigenvalue weighted by Gasteiger charge is -2.09. The second-order valence-electron chi connectivity index (χ2n) is 5.85. The summed E-state index contributed by atoms with van der Waals surface area (Å²) in [6.07, 6.45) is 0. The summed E-state index contributed by atoms with van der Waals surface area (Å²) in [6.45, 7) is 0.124. The number of halogens is 1. The number of nitrogens with zero attached hydrogens (tertiary/aromatic N) is 2. The minimum absolute atomic E-state index is 0.204. The molecular weight excluding hydrogens is 349 g/mol.